The maximum Gasteiger partial charge on any atom is 0.327 e. The van der Waals surface area contributed by atoms with E-state index in [1.54, 1.807) is 19.1 Å². The van der Waals surface area contributed by atoms with E-state index in [0.29, 0.717) is 22.7 Å². The van der Waals surface area contributed by atoms with Crippen molar-refractivity contribution in [3.05, 3.63) is 34.1 Å². The summed E-state index contributed by atoms with van der Waals surface area (Å²) in [4.78, 5) is 11.9. The van der Waals surface area contributed by atoms with Gasteiger partial charge in [0.2, 0.25) is 0 Å². The highest BCUT2D eigenvalue weighted by Gasteiger charge is 2.31. The topological polar surface area (TPSA) is 38.3 Å². The summed E-state index contributed by atoms with van der Waals surface area (Å²) in [5.74, 6) is -0.832. The van der Waals surface area contributed by atoms with Crippen molar-refractivity contribution < 1.29 is 13.9 Å². The predicted molar refractivity (Wildman–Crippen MR) is 69.6 cm³/mol. The van der Waals surface area contributed by atoms with Crippen LogP contribution in [0.15, 0.2) is 22.7 Å². The molecule has 5 heteroatoms. The second-order valence-electron chi connectivity index (χ2n) is 4.29. The van der Waals surface area contributed by atoms with Crippen LogP contribution in [-0.2, 0) is 9.53 Å². The third-order valence-electron chi connectivity index (χ3n) is 2.78. The molecule has 0 aliphatic heterocycles. The number of halogens is 2. The van der Waals surface area contributed by atoms with Gasteiger partial charge >= 0.3 is 5.97 Å². The summed E-state index contributed by atoms with van der Waals surface area (Å²) in [6, 6.07) is 4.26. The fourth-order valence-electron chi connectivity index (χ4n) is 1.73. The molecular formula is C13H15BrFNO2. The molecule has 0 aromatic heterocycles. The van der Waals surface area contributed by atoms with Crippen LogP contribution in [-0.4, -0.2) is 18.6 Å². The van der Waals surface area contributed by atoms with Crippen molar-refractivity contribution in [3.8, 4) is 0 Å². The van der Waals surface area contributed by atoms with Gasteiger partial charge in [-0.25, -0.2) is 9.18 Å². The van der Waals surface area contributed by atoms with Gasteiger partial charge in [-0.05, 0) is 31.9 Å². The Morgan fingerprint density at radius 3 is 2.89 bits per heavy atom. The first-order valence-corrected chi connectivity index (χ1v) is 6.78. The second kappa shape index (κ2) is 5.80. The van der Waals surface area contributed by atoms with Crippen LogP contribution in [0, 0.1) is 5.82 Å². The Balaban J connectivity index is 2.23. The van der Waals surface area contributed by atoms with Crippen molar-refractivity contribution in [1.29, 1.82) is 0 Å². The van der Waals surface area contributed by atoms with Crippen molar-refractivity contribution in [2.45, 2.75) is 31.8 Å². The van der Waals surface area contributed by atoms with Gasteiger partial charge in [-0.2, -0.15) is 0 Å². The molecule has 1 aliphatic carbocycles. The molecule has 1 fully saturated rings. The van der Waals surface area contributed by atoms with Crippen LogP contribution in [0.3, 0.4) is 0 Å². The van der Waals surface area contributed by atoms with E-state index in [-0.39, 0.29) is 0 Å². The Bertz CT molecular complexity index is 449. The van der Waals surface area contributed by atoms with E-state index in [4.69, 9.17) is 4.74 Å². The van der Waals surface area contributed by atoms with E-state index >= 15 is 0 Å². The van der Waals surface area contributed by atoms with Crippen LogP contribution in [0.4, 0.5) is 4.39 Å². The van der Waals surface area contributed by atoms with Gasteiger partial charge < -0.3 is 4.74 Å². The molecule has 2 rings (SSSR count). The number of carbonyl (C=O) groups is 1. The fraction of sp³-hybridized carbons (Fsp3) is 0.462. The molecule has 1 aliphatic rings. The third-order valence-corrected chi connectivity index (χ3v) is 3.27. The van der Waals surface area contributed by atoms with Gasteiger partial charge in [-0.15, -0.1) is 0 Å². The highest BCUT2D eigenvalue weighted by atomic mass is 79.9. The molecule has 0 saturated heterocycles. The number of nitrogens with one attached hydrogen (secondary N) is 1. The lowest BCUT2D eigenvalue weighted by Gasteiger charge is -2.18. The minimum absolute atomic E-state index is 0.291. The van der Waals surface area contributed by atoms with Gasteiger partial charge in [-0.1, -0.05) is 22.0 Å². The molecule has 98 valence electrons. The molecule has 0 amide bonds. The summed E-state index contributed by atoms with van der Waals surface area (Å²) < 4.78 is 19.5. The first-order valence-electron chi connectivity index (χ1n) is 5.99. The van der Waals surface area contributed by atoms with Gasteiger partial charge in [0.05, 0.1) is 6.61 Å². The fourth-order valence-corrected chi connectivity index (χ4v) is 2.06. The molecule has 1 aromatic rings. The molecule has 1 saturated carbocycles. The third kappa shape index (κ3) is 3.29. The molecule has 1 unspecified atom stereocenters. The van der Waals surface area contributed by atoms with Crippen LogP contribution in [0.1, 0.15) is 31.4 Å². The zero-order valence-electron chi connectivity index (χ0n) is 10.1. The number of rotatable bonds is 5. The lowest BCUT2D eigenvalue weighted by molar-refractivity contribution is -0.146. The van der Waals surface area contributed by atoms with E-state index in [9.17, 15) is 9.18 Å². The molecule has 1 N–H and O–H groups in total. The summed E-state index contributed by atoms with van der Waals surface area (Å²) in [6.45, 7) is 2.03. The van der Waals surface area contributed by atoms with Gasteiger partial charge in [0.1, 0.15) is 11.9 Å². The van der Waals surface area contributed by atoms with E-state index < -0.39 is 17.8 Å². The van der Waals surface area contributed by atoms with Gasteiger partial charge in [-0.3, -0.25) is 5.32 Å². The average Bonchev–Trinajstić information content (AvgIpc) is 3.11. The van der Waals surface area contributed by atoms with Crippen molar-refractivity contribution in [2.24, 2.45) is 0 Å². The first kappa shape index (κ1) is 13.5. The molecule has 1 aromatic carbocycles. The zero-order chi connectivity index (χ0) is 13.1. The molecule has 18 heavy (non-hydrogen) atoms. The minimum Gasteiger partial charge on any atom is -0.465 e. The van der Waals surface area contributed by atoms with Crippen molar-refractivity contribution in [2.75, 3.05) is 6.61 Å². The van der Waals surface area contributed by atoms with E-state index in [0.717, 1.165) is 12.8 Å². The normalized spacial score (nSPS) is 16.4. The number of hydrogen-bond donors (Lipinski definition) is 1. The second-order valence-corrected chi connectivity index (χ2v) is 5.21. The molecule has 1 atom stereocenters. The SMILES string of the molecule is CCOC(=O)C(NC1CC1)c1ccc(Br)cc1F. The Morgan fingerprint density at radius 1 is 1.61 bits per heavy atom. The Kier molecular flexibility index (Phi) is 4.35. The van der Waals surface area contributed by atoms with Crippen LogP contribution < -0.4 is 5.32 Å². The average molecular weight is 316 g/mol. The highest BCUT2D eigenvalue weighted by molar-refractivity contribution is 9.10. The van der Waals surface area contributed by atoms with E-state index in [1.807, 2.05) is 0 Å². The zero-order valence-corrected chi connectivity index (χ0v) is 11.7. The molecular weight excluding hydrogens is 301 g/mol. The molecule has 3 nitrogen and oxygen atoms in total. The summed E-state index contributed by atoms with van der Waals surface area (Å²) >= 11 is 3.20. The monoisotopic (exact) mass is 315 g/mol. The smallest absolute Gasteiger partial charge is 0.327 e. The van der Waals surface area contributed by atoms with Gasteiger partial charge in [0.15, 0.2) is 0 Å². The number of esters is 1. The number of hydrogen-bond acceptors (Lipinski definition) is 3. The lowest BCUT2D eigenvalue weighted by Crippen LogP contribution is -2.32. The molecule has 0 spiro atoms. The summed E-state index contributed by atoms with van der Waals surface area (Å²) in [5, 5.41) is 3.12. The van der Waals surface area contributed by atoms with Crippen molar-refractivity contribution in [3.63, 3.8) is 0 Å². The first-order chi connectivity index (χ1) is 8.61. The highest BCUT2D eigenvalue weighted by Crippen LogP contribution is 2.27. The molecule has 0 heterocycles. The quantitative estimate of drug-likeness (QED) is 0.849. The Morgan fingerprint density at radius 2 is 2.33 bits per heavy atom. The van der Waals surface area contributed by atoms with Crippen molar-refractivity contribution in [1.82, 2.24) is 5.32 Å². The maximum atomic E-state index is 13.9. The standard InChI is InChI=1S/C13H15BrFNO2/c1-2-18-13(17)12(16-9-4-5-9)10-6-3-8(14)7-11(10)15/h3,6-7,9,12,16H,2,4-5H2,1H3. The molecule has 0 radical (unpaired) electrons. The number of benzene rings is 1. The van der Waals surface area contributed by atoms with E-state index in [1.165, 1.54) is 6.07 Å². The minimum atomic E-state index is -0.717. The Labute approximate surface area is 114 Å². The van der Waals surface area contributed by atoms with E-state index in [2.05, 4.69) is 21.2 Å². The number of ether oxygens (including phenoxy) is 1. The van der Waals surface area contributed by atoms with Crippen molar-refractivity contribution >= 4 is 21.9 Å². The largest absolute Gasteiger partial charge is 0.465 e. The summed E-state index contributed by atoms with van der Waals surface area (Å²) in [7, 11) is 0. The maximum absolute atomic E-state index is 13.9. The lowest BCUT2D eigenvalue weighted by atomic mass is 10.1. The van der Waals surface area contributed by atoms with Crippen LogP contribution >= 0.6 is 15.9 Å². The van der Waals surface area contributed by atoms with Crippen LogP contribution in [0.2, 0.25) is 0 Å². The summed E-state index contributed by atoms with van der Waals surface area (Å²) in [6.07, 6.45) is 2.04. The number of carbonyl (C=O) groups excluding carboxylic acids is 1. The Hall–Kier alpha value is -0.940. The van der Waals surface area contributed by atoms with Gasteiger partial charge in [0.25, 0.3) is 0 Å². The van der Waals surface area contributed by atoms with Crippen LogP contribution in [0.5, 0.6) is 0 Å². The predicted octanol–water partition coefficient (Wildman–Crippen LogP) is 2.94. The van der Waals surface area contributed by atoms with Gasteiger partial charge in [0, 0.05) is 16.1 Å². The summed E-state index contributed by atoms with van der Waals surface area (Å²) in [5.41, 5.74) is 0.337. The van der Waals surface area contributed by atoms with Crippen LogP contribution in [0.25, 0.3) is 0 Å². The molecule has 0 bridgehead atoms.